The smallest absolute Gasteiger partial charge is 0.122 e. The van der Waals surface area contributed by atoms with Crippen molar-refractivity contribution < 1.29 is 4.74 Å². The molecule has 1 aliphatic carbocycles. The molecule has 0 heterocycles. The van der Waals surface area contributed by atoms with Crippen LogP contribution in [0.15, 0.2) is 24.3 Å². The Bertz CT molecular complexity index is 450. The molecular weight excluding hydrogens is 246 g/mol. The van der Waals surface area contributed by atoms with E-state index in [9.17, 15) is 0 Å². The van der Waals surface area contributed by atoms with Gasteiger partial charge in [-0.05, 0) is 41.3 Å². The lowest BCUT2D eigenvalue weighted by Gasteiger charge is -2.21. The summed E-state index contributed by atoms with van der Waals surface area (Å²) >= 11 is 0. The molecule has 112 valence electrons. The van der Waals surface area contributed by atoms with Crippen LogP contribution in [0.2, 0.25) is 0 Å². The third-order valence-corrected chi connectivity index (χ3v) is 5.63. The predicted molar refractivity (Wildman–Crippen MR) is 85.2 cm³/mol. The van der Waals surface area contributed by atoms with Gasteiger partial charge < -0.3 is 10.1 Å². The van der Waals surface area contributed by atoms with Crippen LogP contribution in [-0.2, 0) is 6.42 Å². The minimum Gasteiger partial charge on any atom is -0.496 e. The van der Waals surface area contributed by atoms with E-state index >= 15 is 0 Å². The van der Waals surface area contributed by atoms with Crippen molar-refractivity contribution in [1.82, 2.24) is 5.32 Å². The van der Waals surface area contributed by atoms with Crippen LogP contribution < -0.4 is 10.1 Å². The van der Waals surface area contributed by atoms with E-state index in [0.29, 0.717) is 22.8 Å². The maximum Gasteiger partial charge on any atom is 0.122 e. The maximum absolute atomic E-state index is 5.50. The van der Waals surface area contributed by atoms with Crippen molar-refractivity contribution in [3.8, 4) is 5.75 Å². The Hall–Kier alpha value is -1.02. The van der Waals surface area contributed by atoms with E-state index < -0.39 is 0 Å². The standard InChI is InChI=1S/C18H29NO/c1-7-19-14(16-17(2,3)18(16,4)5)12-13-10-8-9-11-15(13)20-6/h8-11,14,16,19H,7,12H2,1-6H3. The summed E-state index contributed by atoms with van der Waals surface area (Å²) in [7, 11) is 1.76. The summed E-state index contributed by atoms with van der Waals surface area (Å²) in [6.07, 6.45) is 1.04. The van der Waals surface area contributed by atoms with Gasteiger partial charge >= 0.3 is 0 Å². The van der Waals surface area contributed by atoms with Crippen molar-refractivity contribution in [1.29, 1.82) is 0 Å². The highest BCUT2D eigenvalue weighted by molar-refractivity contribution is 5.34. The molecule has 2 rings (SSSR count). The van der Waals surface area contributed by atoms with Crippen LogP contribution in [-0.4, -0.2) is 19.7 Å². The second kappa shape index (κ2) is 5.40. The Labute approximate surface area is 123 Å². The average Bonchev–Trinajstić information content (AvgIpc) is 2.80. The summed E-state index contributed by atoms with van der Waals surface area (Å²) in [6.45, 7) is 12.8. The number of likely N-dealkylation sites (N-methyl/N-ethyl adjacent to an activating group) is 1. The Morgan fingerprint density at radius 3 is 2.25 bits per heavy atom. The van der Waals surface area contributed by atoms with Crippen molar-refractivity contribution in [3.05, 3.63) is 29.8 Å². The lowest BCUT2D eigenvalue weighted by Crippen LogP contribution is -2.35. The summed E-state index contributed by atoms with van der Waals surface area (Å²) in [6, 6.07) is 8.90. The van der Waals surface area contributed by atoms with Gasteiger partial charge in [-0.2, -0.15) is 0 Å². The third kappa shape index (κ3) is 2.46. The molecule has 1 atom stereocenters. The van der Waals surface area contributed by atoms with Crippen LogP contribution >= 0.6 is 0 Å². The molecule has 0 saturated heterocycles. The Morgan fingerprint density at radius 1 is 1.15 bits per heavy atom. The second-order valence-electron chi connectivity index (χ2n) is 7.10. The molecular formula is C18H29NO. The molecule has 0 radical (unpaired) electrons. The lowest BCUT2D eigenvalue weighted by atomic mass is 9.96. The first kappa shape index (κ1) is 15.4. The number of para-hydroxylation sites is 1. The highest BCUT2D eigenvalue weighted by Gasteiger charge is 2.66. The fourth-order valence-electron chi connectivity index (χ4n) is 3.93. The molecule has 0 bridgehead atoms. The molecule has 1 aromatic carbocycles. The van der Waals surface area contributed by atoms with E-state index in [1.54, 1.807) is 7.11 Å². The minimum atomic E-state index is 0.405. The third-order valence-electron chi connectivity index (χ3n) is 5.63. The summed E-state index contributed by atoms with van der Waals surface area (Å²) in [4.78, 5) is 0. The molecule has 0 aromatic heterocycles. The average molecular weight is 275 g/mol. The highest BCUT2D eigenvalue weighted by Crippen LogP contribution is 2.69. The fourth-order valence-corrected chi connectivity index (χ4v) is 3.93. The zero-order valence-electron chi connectivity index (χ0n) is 13.8. The van der Waals surface area contributed by atoms with Crippen molar-refractivity contribution in [2.24, 2.45) is 16.7 Å². The molecule has 2 nitrogen and oxygen atoms in total. The number of hydrogen-bond acceptors (Lipinski definition) is 2. The quantitative estimate of drug-likeness (QED) is 0.850. The topological polar surface area (TPSA) is 21.3 Å². The number of rotatable bonds is 6. The Morgan fingerprint density at radius 2 is 1.75 bits per heavy atom. The predicted octanol–water partition coefficient (Wildman–Crippen LogP) is 3.90. The van der Waals surface area contributed by atoms with E-state index in [4.69, 9.17) is 4.74 Å². The van der Waals surface area contributed by atoms with Gasteiger partial charge in [0.2, 0.25) is 0 Å². The molecule has 1 aliphatic rings. The highest BCUT2D eigenvalue weighted by atomic mass is 16.5. The SMILES string of the molecule is CCNC(Cc1ccccc1OC)C1C(C)(C)C1(C)C. The second-order valence-corrected chi connectivity index (χ2v) is 7.10. The summed E-state index contributed by atoms with van der Waals surface area (Å²) < 4.78 is 5.50. The van der Waals surface area contributed by atoms with Gasteiger partial charge in [-0.15, -0.1) is 0 Å². The number of nitrogens with one attached hydrogen (secondary N) is 1. The van der Waals surface area contributed by atoms with Gasteiger partial charge in [0, 0.05) is 6.04 Å². The first-order chi connectivity index (χ1) is 9.36. The summed E-state index contributed by atoms with van der Waals surface area (Å²) in [5, 5.41) is 3.70. The lowest BCUT2D eigenvalue weighted by molar-refractivity contribution is 0.382. The minimum absolute atomic E-state index is 0.405. The number of methoxy groups -OCH3 is 1. The molecule has 1 fully saturated rings. The van der Waals surface area contributed by atoms with Gasteiger partial charge in [0.1, 0.15) is 5.75 Å². The molecule has 0 spiro atoms. The van der Waals surface area contributed by atoms with Crippen molar-refractivity contribution >= 4 is 0 Å². The van der Waals surface area contributed by atoms with E-state index in [-0.39, 0.29) is 0 Å². The van der Waals surface area contributed by atoms with Gasteiger partial charge in [-0.25, -0.2) is 0 Å². The fraction of sp³-hybridized carbons (Fsp3) is 0.667. The van der Waals surface area contributed by atoms with Gasteiger partial charge in [0.15, 0.2) is 0 Å². The van der Waals surface area contributed by atoms with E-state index in [2.05, 4.69) is 58.1 Å². The van der Waals surface area contributed by atoms with Gasteiger partial charge in [0.25, 0.3) is 0 Å². The van der Waals surface area contributed by atoms with Gasteiger partial charge in [0.05, 0.1) is 7.11 Å². The van der Waals surface area contributed by atoms with Crippen LogP contribution in [0.1, 0.15) is 40.2 Å². The molecule has 1 saturated carbocycles. The number of hydrogen-bond donors (Lipinski definition) is 1. The number of ether oxygens (including phenoxy) is 1. The van der Waals surface area contributed by atoms with Crippen LogP contribution in [0, 0.1) is 16.7 Å². The van der Waals surface area contributed by atoms with Crippen LogP contribution in [0.3, 0.4) is 0 Å². The Balaban J connectivity index is 2.19. The summed E-state index contributed by atoms with van der Waals surface area (Å²) in [5.41, 5.74) is 2.11. The van der Waals surface area contributed by atoms with Crippen LogP contribution in [0.25, 0.3) is 0 Å². The van der Waals surface area contributed by atoms with Crippen LogP contribution in [0.5, 0.6) is 5.75 Å². The van der Waals surface area contributed by atoms with E-state index in [1.807, 2.05) is 6.07 Å². The van der Waals surface area contributed by atoms with Gasteiger partial charge in [-0.3, -0.25) is 0 Å². The van der Waals surface area contributed by atoms with Crippen molar-refractivity contribution in [3.63, 3.8) is 0 Å². The maximum atomic E-state index is 5.50. The molecule has 0 aliphatic heterocycles. The first-order valence-corrected chi connectivity index (χ1v) is 7.71. The van der Waals surface area contributed by atoms with Crippen molar-refractivity contribution in [2.45, 2.75) is 47.1 Å². The molecule has 20 heavy (non-hydrogen) atoms. The zero-order chi connectivity index (χ0) is 15.0. The Kier molecular flexibility index (Phi) is 4.15. The summed E-state index contributed by atoms with van der Waals surface area (Å²) in [5.74, 6) is 1.71. The monoisotopic (exact) mass is 275 g/mol. The van der Waals surface area contributed by atoms with Crippen molar-refractivity contribution in [2.75, 3.05) is 13.7 Å². The largest absolute Gasteiger partial charge is 0.496 e. The molecule has 1 unspecified atom stereocenters. The molecule has 1 N–H and O–H groups in total. The molecule has 2 heteroatoms. The van der Waals surface area contributed by atoms with E-state index in [0.717, 1.165) is 18.7 Å². The molecule has 0 amide bonds. The van der Waals surface area contributed by atoms with Gasteiger partial charge in [-0.1, -0.05) is 52.8 Å². The molecule has 1 aromatic rings. The first-order valence-electron chi connectivity index (χ1n) is 7.71. The number of benzene rings is 1. The zero-order valence-corrected chi connectivity index (χ0v) is 13.8. The van der Waals surface area contributed by atoms with Crippen LogP contribution in [0.4, 0.5) is 0 Å². The van der Waals surface area contributed by atoms with E-state index in [1.165, 1.54) is 5.56 Å². The normalized spacial score (nSPS) is 21.5.